The largest absolute Gasteiger partial charge is 0.334 e. The van der Waals surface area contributed by atoms with Gasteiger partial charge >= 0.3 is 0 Å². The summed E-state index contributed by atoms with van der Waals surface area (Å²) in [6.45, 7) is 0. The standard InChI is InChI=1S/C28H20N2/c1-30-18-29-27-14-11-22(17-28(27)30)21-10-13-26-24(16-21)8-7-23-15-20(9-12-25(23)26)19-5-3-2-4-6-19/h2-18H,1H3. The molecule has 142 valence electrons. The zero-order chi connectivity index (χ0) is 20.1. The normalized spacial score (nSPS) is 11.5. The predicted octanol–water partition coefficient (Wildman–Crippen LogP) is 7.21. The maximum Gasteiger partial charge on any atom is 0.0955 e. The van der Waals surface area contributed by atoms with E-state index in [1.165, 1.54) is 43.8 Å². The molecule has 0 spiro atoms. The molecule has 2 nitrogen and oxygen atoms in total. The van der Waals surface area contributed by atoms with Crippen molar-refractivity contribution >= 4 is 32.6 Å². The molecular formula is C28H20N2. The van der Waals surface area contributed by atoms with Crippen molar-refractivity contribution < 1.29 is 0 Å². The van der Waals surface area contributed by atoms with E-state index in [2.05, 4.69) is 107 Å². The Morgan fingerprint density at radius 2 is 1.17 bits per heavy atom. The van der Waals surface area contributed by atoms with Crippen LogP contribution in [0.5, 0.6) is 0 Å². The molecule has 0 atom stereocenters. The number of fused-ring (bicyclic) bond motifs is 4. The Balaban J connectivity index is 1.48. The van der Waals surface area contributed by atoms with E-state index >= 15 is 0 Å². The smallest absolute Gasteiger partial charge is 0.0955 e. The van der Waals surface area contributed by atoms with Gasteiger partial charge in [0.25, 0.3) is 0 Å². The lowest BCUT2D eigenvalue weighted by molar-refractivity contribution is 0.948. The molecule has 0 aliphatic rings. The Morgan fingerprint density at radius 1 is 0.567 bits per heavy atom. The molecule has 0 bridgehead atoms. The number of hydrogen-bond acceptors (Lipinski definition) is 1. The second-order valence-electron chi connectivity index (χ2n) is 7.86. The topological polar surface area (TPSA) is 17.8 Å². The van der Waals surface area contributed by atoms with Crippen molar-refractivity contribution in [2.24, 2.45) is 7.05 Å². The van der Waals surface area contributed by atoms with Crippen molar-refractivity contribution in [3.05, 3.63) is 103 Å². The highest BCUT2D eigenvalue weighted by Crippen LogP contribution is 2.33. The van der Waals surface area contributed by atoms with Crippen LogP contribution in [0.25, 0.3) is 54.8 Å². The van der Waals surface area contributed by atoms with E-state index in [1.54, 1.807) is 0 Å². The molecule has 6 rings (SSSR count). The first-order valence-corrected chi connectivity index (χ1v) is 10.2. The molecule has 0 aliphatic carbocycles. The lowest BCUT2D eigenvalue weighted by Gasteiger charge is -2.09. The van der Waals surface area contributed by atoms with E-state index in [-0.39, 0.29) is 0 Å². The van der Waals surface area contributed by atoms with Crippen LogP contribution in [0.3, 0.4) is 0 Å². The van der Waals surface area contributed by atoms with Gasteiger partial charge in [0.15, 0.2) is 0 Å². The highest BCUT2D eigenvalue weighted by Gasteiger charge is 2.07. The fourth-order valence-electron chi connectivity index (χ4n) is 4.37. The fourth-order valence-corrected chi connectivity index (χ4v) is 4.37. The zero-order valence-electron chi connectivity index (χ0n) is 16.7. The minimum atomic E-state index is 1.03. The van der Waals surface area contributed by atoms with E-state index in [0.717, 1.165) is 11.0 Å². The van der Waals surface area contributed by atoms with Crippen molar-refractivity contribution in [2.45, 2.75) is 0 Å². The molecule has 2 heteroatoms. The monoisotopic (exact) mass is 384 g/mol. The van der Waals surface area contributed by atoms with Gasteiger partial charge in [-0.15, -0.1) is 0 Å². The van der Waals surface area contributed by atoms with E-state index < -0.39 is 0 Å². The van der Waals surface area contributed by atoms with Crippen LogP contribution in [-0.4, -0.2) is 9.55 Å². The molecule has 5 aromatic carbocycles. The minimum absolute atomic E-state index is 1.03. The van der Waals surface area contributed by atoms with Crippen molar-refractivity contribution in [1.82, 2.24) is 9.55 Å². The molecule has 0 N–H and O–H groups in total. The number of rotatable bonds is 2. The minimum Gasteiger partial charge on any atom is -0.334 e. The van der Waals surface area contributed by atoms with Gasteiger partial charge in [-0.05, 0) is 68.1 Å². The molecule has 0 unspecified atom stereocenters. The Labute approximate surface area is 175 Å². The second-order valence-corrected chi connectivity index (χ2v) is 7.86. The van der Waals surface area contributed by atoms with Gasteiger partial charge in [0.05, 0.1) is 17.4 Å². The SMILES string of the molecule is Cn1cnc2ccc(-c3ccc4c(ccc5cc(-c6ccccc6)ccc54)c3)cc21. The van der Waals surface area contributed by atoms with Crippen molar-refractivity contribution in [2.75, 3.05) is 0 Å². The van der Waals surface area contributed by atoms with Gasteiger partial charge in [-0.3, -0.25) is 0 Å². The van der Waals surface area contributed by atoms with E-state index in [0.29, 0.717) is 0 Å². The molecule has 1 aromatic heterocycles. The number of hydrogen-bond donors (Lipinski definition) is 0. The summed E-state index contributed by atoms with van der Waals surface area (Å²) in [6.07, 6.45) is 1.87. The third kappa shape index (κ3) is 2.69. The van der Waals surface area contributed by atoms with Crippen LogP contribution in [0, 0.1) is 0 Å². The van der Waals surface area contributed by atoms with Gasteiger partial charge in [-0.25, -0.2) is 4.98 Å². The van der Waals surface area contributed by atoms with Gasteiger partial charge in [0.1, 0.15) is 0 Å². The van der Waals surface area contributed by atoms with Gasteiger partial charge in [-0.1, -0.05) is 72.8 Å². The fraction of sp³-hybridized carbons (Fsp3) is 0.0357. The van der Waals surface area contributed by atoms with Crippen LogP contribution in [-0.2, 0) is 7.05 Å². The molecule has 6 aromatic rings. The summed E-state index contributed by atoms with van der Waals surface area (Å²) in [4.78, 5) is 4.43. The van der Waals surface area contributed by atoms with Crippen LogP contribution in [0.1, 0.15) is 0 Å². The summed E-state index contributed by atoms with van der Waals surface area (Å²) in [5, 5.41) is 5.11. The first-order valence-electron chi connectivity index (χ1n) is 10.2. The predicted molar refractivity (Wildman–Crippen MR) is 127 cm³/mol. The average Bonchev–Trinajstić information content (AvgIpc) is 3.19. The molecule has 0 saturated carbocycles. The molecule has 0 amide bonds. The quantitative estimate of drug-likeness (QED) is 0.288. The van der Waals surface area contributed by atoms with Gasteiger partial charge in [0, 0.05) is 7.05 Å². The Hall–Kier alpha value is -3.91. The van der Waals surface area contributed by atoms with Gasteiger partial charge < -0.3 is 4.57 Å². The third-order valence-electron chi connectivity index (χ3n) is 6.00. The summed E-state index contributed by atoms with van der Waals surface area (Å²) >= 11 is 0. The number of nitrogens with zero attached hydrogens (tertiary/aromatic N) is 2. The summed E-state index contributed by atoms with van der Waals surface area (Å²) in [6, 6.07) is 35.0. The van der Waals surface area contributed by atoms with E-state index in [4.69, 9.17) is 0 Å². The van der Waals surface area contributed by atoms with E-state index in [9.17, 15) is 0 Å². The zero-order valence-corrected chi connectivity index (χ0v) is 16.7. The van der Waals surface area contributed by atoms with Crippen LogP contribution in [0.4, 0.5) is 0 Å². The van der Waals surface area contributed by atoms with Crippen LogP contribution in [0.2, 0.25) is 0 Å². The highest BCUT2D eigenvalue weighted by atomic mass is 15.0. The molecular weight excluding hydrogens is 364 g/mol. The first-order chi connectivity index (χ1) is 14.8. The molecule has 1 heterocycles. The maximum atomic E-state index is 4.43. The van der Waals surface area contributed by atoms with Crippen LogP contribution < -0.4 is 0 Å². The number of imidazole rings is 1. The Kier molecular flexibility index (Phi) is 3.72. The molecule has 30 heavy (non-hydrogen) atoms. The average molecular weight is 384 g/mol. The van der Waals surface area contributed by atoms with Crippen LogP contribution in [0.15, 0.2) is 103 Å². The van der Waals surface area contributed by atoms with Crippen LogP contribution >= 0.6 is 0 Å². The van der Waals surface area contributed by atoms with Crippen molar-refractivity contribution in [3.8, 4) is 22.3 Å². The molecule has 0 fully saturated rings. The molecule has 0 aliphatic heterocycles. The molecule has 0 saturated heterocycles. The number of aryl methyl sites for hydroxylation is 1. The number of aromatic nitrogens is 2. The summed E-state index contributed by atoms with van der Waals surface area (Å²) in [7, 11) is 2.04. The Morgan fingerprint density at radius 3 is 1.87 bits per heavy atom. The first kappa shape index (κ1) is 17.0. The van der Waals surface area contributed by atoms with Gasteiger partial charge in [-0.2, -0.15) is 0 Å². The molecule has 0 radical (unpaired) electrons. The van der Waals surface area contributed by atoms with E-state index in [1.807, 2.05) is 13.4 Å². The summed E-state index contributed by atoms with van der Waals surface area (Å²) < 4.78 is 2.07. The summed E-state index contributed by atoms with van der Waals surface area (Å²) in [5.74, 6) is 0. The number of benzene rings is 5. The summed E-state index contributed by atoms with van der Waals surface area (Å²) in [5.41, 5.74) is 7.13. The highest BCUT2D eigenvalue weighted by molar-refractivity contribution is 6.09. The lowest BCUT2D eigenvalue weighted by Crippen LogP contribution is -1.86. The lowest BCUT2D eigenvalue weighted by atomic mass is 9.95. The van der Waals surface area contributed by atoms with Crippen molar-refractivity contribution in [3.63, 3.8) is 0 Å². The van der Waals surface area contributed by atoms with Gasteiger partial charge in [0.2, 0.25) is 0 Å². The van der Waals surface area contributed by atoms with Crippen molar-refractivity contribution in [1.29, 1.82) is 0 Å². The second kappa shape index (κ2) is 6.57. The third-order valence-corrected chi connectivity index (χ3v) is 6.00. The maximum absolute atomic E-state index is 4.43. The Bertz CT molecular complexity index is 1540.